The molecule has 1 saturated heterocycles. The minimum atomic E-state index is -0.0414. The van der Waals surface area contributed by atoms with Gasteiger partial charge in [0, 0.05) is 29.7 Å². The maximum atomic E-state index is 12.1. The van der Waals surface area contributed by atoms with E-state index in [1.807, 2.05) is 11.0 Å². The van der Waals surface area contributed by atoms with Crippen molar-refractivity contribution in [2.45, 2.75) is 19.4 Å². The van der Waals surface area contributed by atoms with Gasteiger partial charge in [0.15, 0.2) is 0 Å². The Morgan fingerprint density at radius 1 is 1.35 bits per heavy atom. The third-order valence-corrected chi connectivity index (χ3v) is 7.09. The molecule has 2 N–H and O–H groups in total. The number of rotatable bonds is 4. The highest BCUT2D eigenvalue weighted by Crippen LogP contribution is 2.43. The fourth-order valence-corrected chi connectivity index (χ4v) is 5.57. The van der Waals surface area contributed by atoms with Gasteiger partial charge in [-0.25, -0.2) is 9.97 Å². The van der Waals surface area contributed by atoms with Gasteiger partial charge in [-0.15, -0.1) is 11.3 Å². The summed E-state index contributed by atoms with van der Waals surface area (Å²) in [6.07, 6.45) is 5.82. The minimum Gasteiger partial charge on any atom is -0.495 e. The summed E-state index contributed by atoms with van der Waals surface area (Å²) in [5.41, 5.74) is 9.26. The molecule has 7 nitrogen and oxygen atoms in total. The molecule has 1 aliphatic heterocycles. The molecule has 0 saturated carbocycles. The number of nitrogens with two attached hydrogens (primary N) is 1. The summed E-state index contributed by atoms with van der Waals surface area (Å²) in [5.74, 6) is 1.28. The van der Waals surface area contributed by atoms with E-state index in [0.717, 1.165) is 49.3 Å². The van der Waals surface area contributed by atoms with Gasteiger partial charge >= 0.3 is 0 Å². The zero-order chi connectivity index (χ0) is 21.7. The molecule has 0 spiro atoms. The van der Waals surface area contributed by atoms with Crippen LogP contribution in [0.4, 0.5) is 5.82 Å². The molecule has 8 heteroatoms. The number of hydrogen-bond donors (Lipinski definition) is 1. The lowest BCUT2D eigenvalue weighted by atomic mass is 10.1. The quantitative estimate of drug-likeness (QED) is 0.488. The first-order valence-electron chi connectivity index (χ1n) is 10.1. The summed E-state index contributed by atoms with van der Waals surface area (Å²) in [7, 11) is 1.70. The van der Waals surface area contributed by atoms with Gasteiger partial charge in [-0.2, -0.15) is 0 Å². The number of methoxy groups -OCH3 is 1. The van der Waals surface area contributed by atoms with E-state index in [9.17, 15) is 4.79 Å². The molecule has 1 amide bonds. The normalized spacial score (nSPS) is 16.3. The van der Waals surface area contributed by atoms with Crippen LogP contribution in [0.2, 0.25) is 0 Å². The standard InChI is InChI=1S/C23H23N5O2S/c1-4-19(29)27-6-5-15(10-27)28-11-16(20-22(24)25-12-26-23(20)28)18-9-14-7-13(2)8-17(30-3)21(14)31-18/h4,7-9,11-12,15H,1,5-6,10H2,2-3H3,(H2,24,25,26)/t15-/m1/s1. The summed E-state index contributed by atoms with van der Waals surface area (Å²) in [4.78, 5) is 23.8. The van der Waals surface area contributed by atoms with Crippen LogP contribution in [-0.2, 0) is 4.79 Å². The van der Waals surface area contributed by atoms with Crippen molar-refractivity contribution in [3.8, 4) is 16.2 Å². The van der Waals surface area contributed by atoms with Crippen molar-refractivity contribution in [1.29, 1.82) is 0 Å². The topological polar surface area (TPSA) is 86.3 Å². The van der Waals surface area contributed by atoms with E-state index in [1.165, 1.54) is 12.4 Å². The molecule has 0 aliphatic carbocycles. The number of carbonyl (C=O) groups is 1. The van der Waals surface area contributed by atoms with Crippen LogP contribution in [0.25, 0.3) is 31.6 Å². The van der Waals surface area contributed by atoms with Gasteiger partial charge in [-0.05, 0) is 42.5 Å². The number of aromatic nitrogens is 3. The second-order valence-electron chi connectivity index (χ2n) is 7.83. The van der Waals surface area contributed by atoms with E-state index >= 15 is 0 Å². The molecule has 158 valence electrons. The van der Waals surface area contributed by atoms with E-state index in [0.29, 0.717) is 18.9 Å². The number of thiophene rings is 1. The molecule has 4 aromatic rings. The number of nitrogen functional groups attached to an aromatic ring is 1. The van der Waals surface area contributed by atoms with Gasteiger partial charge < -0.3 is 19.9 Å². The zero-order valence-corrected chi connectivity index (χ0v) is 18.3. The molecule has 1 atom stereocenters. The van der Waals surface area contributed by atoms with Crippen LogP contribution < -0.4 is 10.5 Å². The van der Waals surface area contributed by atoms with E-state index in [1.54, 1.807) is 18.4 Å². The number of amides is 1. The largest absolute Gasteiger partial charge is 0.495 e. The molecular formula is C23H23N5O2S. The second kappa shape index (κ2) is 7.39. The van der Waals surface area contributed by atoms with E-state index in [-0.39, 0.29) is 11.9 Å². The van der Waals surface area contributed by atoms with Crippen LogP contribution in [0.3, 0.4) is 0 Å². The lowest BCUT2D eigenvalue weighted by Crippen LogP contribution is -2.27. The first-order chi connectivity index (χ1) is 15.0. The number of likely N-dealkylation sites (tertiary alicyclic amines) is 1. The van der Waals surface area contributed by atoms with Crippen molar-refractivity contribution >= 4 is 44.2 Å². The Morgan fingerprint density at radius 2 is 2.19 bits per heavy atom. The van der Waals surface area contributed by atoms with Crippen molar-refractivity contribution in [3.05, 3.63) is 48.9 Å². The van der Waals surface area contributed by atoms with Crippen LogP contribution in [0, 0.1) is 6.92 Å². The SMILES string of the molecule is C=CC(=O)N1CC[C@@H](n2cc(-c3cc4cc(C)cc(OC)c4s3)c3c(N)ncnc32)C1. The summed E-state index contributed by atoms with van der Waals surface area (Å²) in [5, 5.41) is 1.98. The highest BCUT2D eigenvalue weighted by atomic mass is 32.1. The number of benzene rings is 1. The molecule has 0 bridgehead atoms. The van der Waals surface area contributed by atoms with Crippen molar-refractivity contribution in [2.75, 3.05) is 25.9 Å². The van der Waals surface area contributed by atoms with E-state index < -0.39 is 0 Å². The highest BCUT2D eigenvalue weighted by molar-refractivity contribution is 7.22. The molecule has 5 rings (SSSR count). The molecule has 3 aromatic heterocycles. The Balaban J connectivity index is 1.66. The lowest BCUT2D eigenvalue weighted by Gasteiger charge is -2.15. The van der Waals surface area contributed by atoms with Gasteiger partial charge in [0.2, 0.25) is 5.91 Å². The number of anilines is 1. The zero-order valence-electron chi connectivity index (χ0n) is 17.5. The Bertz CT molecular complexity index is 1340. The van der Waals surface area contributed by atoms with Gasteiger partial charge in [0.05, 0.1) is 23.2 Å². The van der Waals surface area contributed by atoms with Crippen LogP contribution >= 0.6 is 11.3 Å². The number of ether oxygens (including phenoxy) is 1. The van der Waals surface area contributed by atoms with Gasteiger partial charge in [-0.1, -0.05) is 12.6 Å². The number of aryl methyl sites for hydroxylation is 1. The monoisotopic (exact) mass is 433 g/mol. The smallest absolute Gasteiger partial charge is 0.246 e. The van der Waals surface area contributed by atoms with Crippen molar-refractivity contribution in [2.24, 2.45) is 0 Å². The lowest BCUT2D eigenvalue weighted by molar-refractivity contribution is -0.125. The van der Waals surface area contributed by atoms with Gasteiger partial charge in [-0.3, -0.25) is 4.79 Å². The van der Waals surface area contributed by atoms with E-state index in [4.69, 9.17) is 10.5 Å². The van der Waals surface area contributed by atoms with Crippen LogP contribution in [0.15, 0.2) is 43.4 Å². The Morgan fingerprint density at radius 3 is 2.97 bits per heavy atom. The van der Waals surface area contributed by atoms with E-state index in [2.05, 4.69) is 46.4 Å². The van der Waals surface area contributed by atoms with Crippen molar-refractivity contribution < 1.29 is 9.53 Å². The Labute approximate surface area is 183 Å². The summed E-state index contributed by atoms with van der Waals surface area (Å²) in [6, 6.07) is 6.50. The fraction of sp³-hybridized carbons (Fsp3) is 0.261. The molecule has 0 radical (unpaired) electrons. The summed E-state index contributed by atoms with van der Waals surface area (Å²) < 4.78 is 8.86. The molecule has 31 heavy (non-hydrogen) atoms. The molecule has 1 aromatic carbocycles. The fourth-order valence-electron chi connectivity index (χ4n) is 4.42. The predicted molar refractivity (Wildman–Crippen MR) is 124 cm³/mol. The predicted octanol–water partition coefficient (Wildman–Crippen LogP) is 4.17. The number of fused-ring (bicyclic) bond motifs is 2. The first kappa shape index (κ1) is 19.6. The molecule has 4 heterocycles. The molecule has 1 fully saturated rings. The maximum absolute atomic E-state index is 12.1. The average Bonchev–Trinajstić information content (AvgIpc) is 3.48. The molecule has 1 aliphatic rings. The number of carbonyl (C=O) groups excluding carboxylic acids is 1. The highest BCUT2D eigenvalue weighted by Gasteiger charge is 2.29. The minimum absolute atomic E-state index is 0.0414. The second-order valence-corrected chi connectivity index (χ2v) is 8.89. The van der Waals surface area contributed by atoms with Crippen LogP contribution in [0.1, 0.15) is 18.0 Å². The third-order valence-electron chi connectivity index (χ3n) is 5.89. The summed E-state index contributed by atoms with van der Waals surface area (Å²) >= 11 is 1.67. The Hall–Kier alpha value is -3.39. The van der Waals surface area contributed by atoms with Crippen LogP contribution in [-0.4, -0.2) is 45.5 Å². The van der Waals surface area contributed by atoms with Crippen molar-refractivity contribution in [3.63, 3.8) is 0 Å². The third kappa shape index (κ3) is 3.14. The number of hydrogen-bond acceptors (Lipinski definition) is 6. The van der Waals surface area contributed by atoms with Crippen LogP contribution in [0.5, 0.6) is 5.75 Å². The average molecular weight is 434 g/mol. The van der Waals surface area contributed by atoms with Gasteiger partial charge in [0.25, 0.3) is 0 Å². The Kier molecular flexibility index (Phi) is 4.66. The molecular weight excluding hydrogens is 410 g/mol. The first-order valence-corrected chi connectivity index (χ1v) is 10.9. The number of nitrogens with zero attached hydrogens (tertiary/aromatic N) is 4. The maximum Gasteiger partial charge on any atom is 0.246 e. The summed E-state index contributed by atoms with van der Waals surface area (Å²) in [6.45, 7) is 6.99. The van der Waals surface area contributed by atoms with Crippen molar-refractivity contribution in [1.82, 2.24) is 19.4 Å². The molecule has 0 unspecified atom stereocenters. The van der Waals surface area contributed by atoms with Gasteiger partial charge in [0.1, 0.15) is 23.5 Å².